The molecule has 2 aliphatic rings. The van der Waals surface area contributed by atoms with Crippen molar-refractivity contribution in [1.82, 2.24) is 4.31 Å². The Balaban J connectivity index is 1.93. The molecule has 0 bridgehead atoms. The van der Waals surface area contributed by atoms with Gasteiger partial charge in [0.2, 0.25) is 10.0 Å². The Hall–Kier alpha value is -0.100. The zero-order valence-electron chi connectivity index (χ0n) is 11.1. The first-order valence-corrected chi connectivity index (χ1v) is 9.58. The number of benzene rings is 1. The molecule has 1 saturated heterocycles. The summed E-state index contributed by atoms with van der Waals surface area (Å²) in [6, 6.07) is 5.03. The van der Waals surface area contributed by atoms with E-state index in [9.17, 15) is 8.42 Å². The van der Waals surface area contributed by atoms with Crippen LogP contribution in [-0.4, -0.2) is 25.3 Å². The van der Waals surface area contributed by atoms with Gasteiger partial charge < -0.3 is 0 Å². The molecule has 1 aliphatic carbocycles. The second-order valence-electron chi connectivity index (χ2n) is 5.59. The SMILES string of the molecule is O=S(=O)(c1ccc(Cl)c(Br)c1)N1CCC2CCCCC21. The van der Waals surface area contributed by atoms with E-state index in [2.05, 4.69) is 15.9 Å². The summed E-state index contributed by atoms with van der Waals surface area (Å²) in [6.45, 7) is 0.651. The molecular formula is C14H17BrClNO2S. The standard InChI is InChI=1S/C14H17BrClNO2S/c15-12-9-11(5-6-13(12)16)20(18,19)17-8-7-10-3-1-2-4-14(10)17/h5-6,9-10,14H,1-4,7-8H2. The summed E-state index contributed by atoms with van der Waals surface area (Å²) in [6.07, 6.45) is 5.54. The highest BCUT2D eigenvalue weighted by Gasteiger charge is 2.42. The lowest BCUT2D eigenvalue weighted by Crippen LogP contribution is -2.39. The van der Waals surface area contributed by atoms with Gasteiger partial charge in [-0.25, -0.2) is 8.42 Å². The van der Waals surface area contributed by atoms with E-state index in [1.165, 1.54) is 12.8 Å². The average Bonchev–Trinajstić information content (AvgIpc) is 2.86. The maximum absolute atomic E-state index is 12.8. The quantitative estimate of drug-likeness (QED) is 0.778. The van der Waals surface area contributed by atoms with Crippen molar-refractivity contribution in [3.8, 4) is 0 Å². The van der Waals surface area contributed by atoms with Gasteiger partial charge in [0.25, 0.3) is 0 Å². The lowest BCUT2D eigenvalue weighted by Gasteiger charge is -2.31. The molecule has 6 heteroatoms. The molecule has 3 rings (SSSR count). The molecule has 0 aromatic heterocycles. The normalized spacial score (nSPS) is 27.5. The third-order valence-electron chi connectivity index (χ3n) is 4.46. The fourth-order valence-corrected chi connectivity index (χ4v) is 5.84. The first kappa shape index (κ1) is 14.8. The molecule has 3 nitrogen and oxygen atoms in total. The van der Waals surface area contributed by atoms with Crippen molar-refractivity contribution in [1.29, 1.82) is 0 Å². The van der Waals surface area contributed by atoms with Gasteiger partial charge in [0.05, 0.1) is 9.92 Å². The molecule has 1 aromatic carbocycles. The minimum Gasteiger partial charge on any atom is -0.207 e. The molecule has 1 aromatic rings. The van der Waals surface area contributed by atoms with Crippen molar-refractivity contribution >= 4 is 37.6 Å². The second-order valence-corrected chi connectivity index (χ2v) is 8.74. The number of rotatable bonds is 2. The molecule has 0 radical (unpaired) electrons. The number of nitrogens with zero attached hydrogens (tertiary/aromatic N) is 1. The maximum atomic E-state index is 12.8. The van der Waals surface area contributed by atoms with Crippen LogP contribution in [0.1, 0.15) is 32.1 Å². The Morgan fingerprint density at radius 2 is 1.95 bits per heavy atom. The van der Waals surface area contributed by atoms with E-state index in [-0.39, 0.29) is 6.04 Å². The Labute approximate surface area is 133 Å². The van der Waals surface area contributed by atoms with Gasteiger partial charge in [-0.2, -0.15) is 4.31 Å². The van der Waals surface area contributed by atoms with Crippen molar-refractivity contribution in [2.75, 3.05) is 6.54 Å². The summed E-state index contributed by atoms with van der Waals surface area (Å²) < 4.78 is 28.0. The van der Waals surface area contributed by atoms with Crippen molar-refractivity contribution < 1.29 is 8.42 Å². The average molecular weight is 379 g/mol. The van der Waals surface area contributed by atoms with Crippen LogP contribution in [-0.2, 0) is 10.0 Å². The third-order valence-corrected chi connectivity index (χ3v) is 7.59. The second kappa shape index (κ2) is 5.59. The van der Waals surface area contributed by atoms with Crippen molar-refractivity contribution in [2.24, 2.45) is 5.92 Å². The van der Waals surface area contributed by atoms with Crippen molar-refractivity contribution in [3.05, 3.63) is 27.7 Å². The van der Waals surface area contributed by atoms with Gasteiger partial charge in [0.15, 0.2) is 0 Å². The summed E-state index contributed by atoms with van der Waals surface area (Å²) in [5, 5.41) is 0.529. The highest BCUT2D eigenvalue weighted by Crippen LogP contribution is 2.39. The minimum absolute atomic E-state index is 0.197. The van der Waals surface area contributed by atoms with E-state index in [0.717, 1.165) is 19.3 Å². The Bertz CT molecular complexity index is 620. The molecule has 110 valence electrons. The van der Waals surface area contributed by atoms with Crippen LogP contribution < -0.4 is 0 Å². The lowest BCUT2D eigenvalue weighted by atomic mass is 9.86. The van der Waals surface area contributed by atoms with Crippen LogP contribution in [0.5, 0.6) is 0 Å². The molecule has 1 heterocycles. The number of hydrogen-bond donors (Lipinski definition) is 0. The van der Waals surface area contributed by atoms with Gasteiger partial charge in [-0.15, -0.1) is 0 Å². The fourth-order valence-electron chi connectivity index (χ4n) is 3.43. The van der Waals surface area contributed by atoms with Crippen LogP contribution in [0.15, 0.2) is 27.6 Å². The lowest BCUT2D eigenvalue weighted by molar-refractivity contribution is 0.260. The summed E-state index contributed by atoms with van der Waals surface area (Å²) in [5.74, 6) is 0.550. The van der Waals surface area contributed by atoms with Gasteiger partial charge in [0.1, 0.15) is 0 Å². The van der Waals surface area contributed by atoms with E-state index in [1.54, 1.807) is 22.5 Å². The summed E-state index contributed by atoms with van der Waals surface area (Å²) >= 11 is 9.25. The van der Waals surface area contributed by atoms with Gasteiger partial charge in [-0.05, 0) is 59.3 Å². The predicted molar refractivity (Wildman–Crippen MR) is 83.4 cm³/mol. The number of fused-ring (bicyclic) bond motifs is 1. The van der Waals surface area contributed by atoms with E-state index in [1.807, 2.05) is 0 Å². The minimum atomic E-state index is -3.40. The van der Waals surface area contributed by atoms with E-state index >= 15 is 0 Å². The van der Waals surface area contributed by atoms with E-state index in [4.69, 9.17) is 11.6 Å². The van der Waals surface area contributed by atoms with Crippen molar-refractivity contribution in [3.63, 3.8) is 0 Å². The Morgan fingerprint density at radius 3 is 2.70 bits per heavy atom. The Kier molecular flexibility index (Phi) is 4.15. The highest BCUT2D eigenvalue weighted by atomic mass is 79.9. The van der Waals surface area contributed by atoms with E-state index in [0.29, 0.717) is 26.9 Å². The van der Waals surface area contributed by atoms with Crippen LogP contribution in [0.25, 0.3) is 0 Å². The number of sulfonamides is 1. The van der Waals surface area contributed by atoms with Crippen LogP contribution in [0.2, 0.25) is 5.02 Å². The third kappa shape index (κ3) is 2.54. The largest absolute Gasteiger partial charge is 0.243 e. The number of halogens is 2. The molecule has 20 heavy (non-hydrogen) atoms. The topological polar surface area (TPSA) is 37.4 Å². The van der Waals surface area contributed by atoms with Crippen LogP contribution in [0.3, 0.4) is 0 Å². The predicted octanol–water partition coefficient (Wildman–Crippen LogP) is 4.06. The smallest absolute Gasteiger partial charge is 0.207 e. The first-order chi connectivity index (χ1) is 9.50. The van der Waals surface area contributed by atoms with Crippen LogP contribution in [0, 0.1) is 5.92 Å². The molecule has 2 atom stereocenters. The van der Waals surface area contributed by atoms with Crippen molar-refractivity contribution in [2.45, 2.75) is 43.0 Å². The zero-order valence-corrected chi connectivity index (χ0v) is 14.2. The zero-order chi connectivity index (χ0) is 14.3. The Morgan fingerprint density at radius 1 is 1.20 bits per heavy atom. The number of hydrogen-bond acceptors (Lipinski definition) is 2. The van der Waals surface area contributed by atoms with Crippen LogP contribution in [0.4, 0.5) is 0 Å². The maximum Gasteiger partial charge on any atom is 0.243 e. The molecule has 1 saturated carbocycles. The molecule has 2 fully saturated rings. The molecular weight excluding hydrogens is 362 g/mol. The fraction of sp³-hybridized carbons (Fsp3) is 0.571. The molecule has 0 spiro atoms. The molecule has 1 aliphatic heterocycles. The van der Waals surface area contributed by atoms with E-state index < -0.39 is 10.0 Å². The van der Waals surface area contributed by atoms with Crippen LogP contribution >= 0.6 is 27.5 Å². The first-order valence-electron chi connectivity index (χ1n) is 6.97. The summed E-state index contributed by atoms with van der Waals surface area (Å²) in [4.78, 5) is 0.333. The molecule has 2 unspecified atom stereocenters. The van der Waals surface area contributed by atoms with Gasteiger partial charge in [0, 0.05) is 17.1 Å². The molecule has 0 N–H and O–H groups in total. The monoisotopic (exact) mass is 377 g/mol. The molecule has 0 amide bonds. The van der Waals surface area contributed by atoms with Gasteiger partial charge in [-0.3, -0.25) is 0 Å². The van der Waals surface area contributed by atoms with Gasteiger partial charge >= 0.3 is 0 Å². The highest BCUT2D eigenvalue weighted by molar-refractivity contribution is 9.10. The summed E-state index contributed by atoms with van der Waals surface area (Å²) in [7, 11) is -3.40. The summed E-state index contributed by atoms with van der Waals surface area (Å²) in [5.41, 5.74) is 0. The van der Waals surface area contributed by atoms with Gasteiger partial charge in [-0.1, -0.05) is 24.4 Å².